The highest BCUT2D eigenvalue weighted by molar-refractivity contribution is 5.92. The van der Waals surface area contributed by atoms with Gasteiger partial charge >= 0.3 is 0 Å². The number of rotatable bonds is 4. The molecule has 1 atom stereocenters. The van der Waals surface area contributed by atoms with Gasteiger partial charge in [0.15, 0.2) is 0 Å². The molecule has 6 nitrogen and oxygen atoms in total. The molecule has 30 heavy (non-hydrogen) atoms. The molecule has 1 fully saturated rings. The third-order valence-electron chi connectivity index (χ3n) is 5.30. The SMILES string of the molecule is CCc1ccc(C2CNCCN2C(=O)c2ccc(=O)n(-c3ccccc3)n2)cc1.Cl. The zero-order valence-corrected chi connectivity index (χ0v) is 17.6. The fourth-order valence-electron chi connectivity index (χ4n) is 3.65. The Kier molecular flexibility index (Phi) is 7.03. The van der Waals surface area contributed by atoms with Gasteiger partial charge in [0.05, 0.1) is 11.7 Å². The molecule has 2 aromatic carbocycles. The molecule has 1 N–H and O–H groups in total. The average molecular weight is 425 g/mol. The average Bonchev–Trinajstić information content (AvgIpc) is 2.79. The maximum atomic E-state index is 13.3. The standard InChI is InChI=1S/C23H24N4O2.ClH/c1-2-17-8-10-18(11-9-17)21-16-24-14-15-26(21)23(29)20-12-13-22(28)27(25-20)19-6-4-3-5-7-19;/h3-13,21,24H,2,14-16H2,1H3;1H. The maximum Gasteiger partial charge on any atom is 0.274 e. The van der Waals surface area contributed by atoms with Gasteiger partial charge in [-0.15, -0.1) is 12.4 Å². The normalized spacial score (nSPS) is 16.0. The minimum Gasteiger partial charge on any atom is -0.328 e. The van der Waals surface area contributed by atoms with Crippen LogP contribution in [0.3, 0.4) is 0 Å². The summed E-state index contributed by atoms with van der Waals surface area (Å²) in [5.41, 5.74) is 3.01. The number of para-hydroxylation sites is 1. The lowest BCUT2D eigenvalue weighted by Crippen LogP contribution is -2.49. The molecule has 0 saturated carbocycles. The number of halogens is 1. The first-order valence-electron chi connectivity index (χ1n) is 9.93. The van der Waals surface area contributed by atoms with Gasteiger partial charge < -0.3 is 10.2 Å². The van der Waals surface area contributed by atoms with E-state index in [1.54, 1.807) is 12.1 Å². The maximum absolute atomic E-state index is 13.3. The molecule has 1 aliphatic heterocycles. The summed E-state index contributed by atoms with van der Waals surface area (Å²) >= 11 is 0. The first-order chi connectivity index (χ1) is 14.2. The van der Waals surface area contributed by atoms with Crippen molar-refractivity contribution in [2.45, 2.75) is 19.4 Å². The highest BCUT2D eigenvalue weighted by Gasteiger charge is 2.29. The van der Waals surface area contributed by atoms with Crippen LogP contribution in [0.2, 0.25) is 0 Å². The molecule has 1 saturated heterocycles. The first-order valence-corrected chi connectivity index (χ1v) is 9.93. The Hall–Kier alpha value is -2.96. The highest BCUT2D eigenvalue weighted by Crippen LogP contribution is 2.24. The van der Waals surface area contributed by atoms with Gasteiger partial charge in [0.25, 0.3) is 11.5 Å². The predicted molar refractivity (Wildman–Crippen MR) is 120 cm³/mol. The van der Waals surface area contributed by atoms with Crippen molar-refractivity contribution in [3.05, 3.63) is 93.9 Å². The van der Waals surface area contributed by atoms with Crippen LogP contribution in [0.4, 0.5) is 0 Å². The van der Waals surface area contributed by atoms with Gasteiger partial charge in [-0.05, 0) is 35.7 Å². The number of aromatic nitrogens is 2. The molecule has 1 unspecified atom stereocenters. The van der Waals surface area contributed by atoms with Gasteiger partial charge in [-0.2, -0.15) is 9.78 Å². The Morgan fingerprint density at radius 1 is 1.07 bits per heavy atom. The second kappa shape index (κ2) is 9.69. The molecule has 0 aliphatic carbocycles. The van der Waals surface area contributed by atoms with Crippen LogP contribution in [-0.4, -0.2) is 40.2 Å². The second-order valence-corrected chi connectivity index (χ2v) is 7.12. The summed E-state index contributed by atoms with van der Waals surface area (Å²) in [6, 6.07) is 20.4. The number of amides is 1. The van der Waals surface area contributed by atoms with E-state index in [-0.39, 0.29) is 35.6 Å². The molecule has 0 bridgehead atoms. The molecule has 1 aromatic heterocycles. The lowest BCUT2D eigenvalue weighted by Gasteiger charge is -2.36. The van der Waals surface area contributed by atoms with Gasteiger partial charge in [-0.3, -0.25) is 9.59 Å². The predicted octanol–water partition coefficient (Wildman–Crippen LogP) is 3.00. The monoisotopic (exact) mass is 424 g/mol. The van der Waals surface area contributed by atoms with Crippen LogP contribution in [0.15, 0.2) is 71.5 Å². The number of piperazine rings is 1. The summed E-state index contributed by atoms with van der Waals surface area (Å²) in [5.74, 6) is -0.166. The Balaban J connectivity index is 0.00000256. The molecule has 7 heteroatoms. The summed E-state index contributed by atoms with van der Waals surface area (Å²) in [5, 5.41) is 7.74. The van der Waals surface area contributed by atoms with E-state index < -0.39 is 0 Å². The molecule has 3 aromatic rings. The number of nitrogens with zero attached hydrogens (tertiary/aromatic N) is 3. The van der Waals surface area contributed by atoms with Gasteiger partial charge in [0.2, 0.25) is 0 Å². The number of aryl methyl sites for hydroxylation is 1. The van der Waals surface area contributed by atoms with Crippen molar-refractivity contribution in [1.82, 2.24) is 20.0 Å². The zero-order valence-electron chi connectivity index (χ0n) is 16.8. The van der Waals surface area contributed by atoms with E-state index in [0.717, 1.165) is 18.5 Å². The Bertz CT molecular complexity index is 1050. The fourth-order valence-corrected chi connectivity index (χ4v) is 3.65. The Morgan fingerprint density at radius 3 is 2.50 bits per heavy atom. The fraction of sp³-hybridized carbons (Fsp3) is 0.261. The van der Waals surface area contributed by atoms with Gasteiger partial charge in [-0.1, -0.05) is 49.4 Å². The molecule has 156 valence electrons. The van der Waals surface area contributed by atoms with Crippen LogP contribution in [0.5, 0.6) is 0 Å². The van der Waals surface area contributed by atoms with E-state index in [0.29, 0.717) is 18.8 Å². The van der Waals surface area contributed by atoms with Crippen LogP contribution in [0, 0.1) is 0 Å². The van der Waals surface area contributed by atoms with Crippen LogP contribution < -0.4 is 10.9 Å². The summed E-state index contributed by atoms with van der Waals surface area (Å²) in [6.07, 6.45) is 0.983. The molecule has 1 aliphatic rings. The lowest BCUT2D eigenvalue weighted by atomic mass is 10.0. The van der Waals surface area contributed by atoms with E-state index in [4.69, 9.17) is 0 Å². The Morgan fingerprint density at radius 2 is 1.80 bits per heavy atom. The molecule has 0 spiro atoms. The summed E-state index contributed by atoms with van der Waals surface area (Å²) in [6.45, 7) is 4.13. The second-order valence-electron chi connectivity index (χ2n) is 7.12. The topological polar surface area (TPSA) is 67.2 Å². The summed E-state index contributed by atoms with van der Waals surface area (Å²) in [4.78, 5) is 27.5. The van der Waals surface area contributed by atoms with E-state index in [2.05, 4.69) is 41.6 Å². The van der Waals surface area contributed by atoms with E-state index in [9.17, 15) is 9.59 Å². The molecular formula is C23H25ClN4O2. The van der Waals surface area contributed by atoms with Crippen molar-refractivity contribution in [3.8, 4) is 5.69 Å². The molecular weight excluding hydrogens is 400 g/mol. The van der Waals surface area contributed by atoms with E-state index in [1.807, 2.05) is 23.1 Å². The van der Waals surface area contributed by atoms with Gasteiger partial charge in [0, 0.05) is 25.7 Å². The zero-order chi connectivity index (χ0) is 20.2. The first kappa shape index (κ1) is 21.7. The summed E-state index contributed by atoms with van der Waals surface area (Å²) < 4.78 is 1.28. The van der Waals surface area contributed by atoms with Crippen molar-refractivity contribution in [2.24, 2.45) is 0 Å². The number of benzene rings is 2. The highest BCUT2D eigenvalue weighted by atomic mass is 35.5. The minimum absolute atomic E-state index is 0. The third-order valence-corrected chi connectivity index (χ3v) is 5.30. The number of hydrogen-bond acceptors (Lipinski definition) is 4. The van der Waals surface area contributed by atoms with Crippen LogP contribution >= 0.6 is 12.4 Å². The van der Waals surface area contributed by atoms with Crippen molar-refractivity contribution in [3.63, 3.8) is 0 Å². The smallest absolute Gasteiger partial charge is 0.274 e. The van der Waals surface area contributed by atoms with E-state index >= 15 is 0 Å². The van der Waals surface area contributed by atoms with Gasteiger partial charge in [-0.25, -0.2) is 0 Å². The van der Waals surface area contributed by atoms with Crippen molar-refractivity contribution in [1.29, 1.82) is 0 Å². The number of carbonyl (C=O) groups is 1. The van der Waals surface area contributed by atoms with E-state index in [1.165, 1.54) is 22.4 Å². The quantitative estimate of drug-likeness (QED) is 0.699. The molecule has 4 rings (SSSR count). The Labute approximate surface area is 181 Å². The summed E-state index contributed by atoms with van der Waals surface area (Å²) in [7, 11) is 0. The van der Waals surface area contributed by atoms with Crippen molar-refractivity contribution < 1.29 is 4.79 Å². The molecule has 0 radical (unpaired) electrons. The number of carbonyl (C=O) groups excluding carboxylic acids is 1. The largest absolute Gasteiger partial charge is 0.328 e. The number of nitrogens with one attached hydrogen (secondary N) is 1. The van der Waals surface area contributed by atoms with Crippen molar-refractivity contribution >= 4 is 18.3 Å². The van der Waals surface area contributed by atoms with Crippen LogP contribution in [-0.2, 0) is 6.42 Å². The molecule has 1 amide bonds. The number of hydrogen-bond donors (Lipinski definition) is 1. The van der Waals surface area contributed by atoms with Crippen LogP contribution in [0.1, 0.15) is 34.6 Å². The van der Waals surface area contributed by atoms with Crippen LogP contribution in [0.25, 0.3) is 5.69 Å². The minimum atomic E-state index is -0.264. The third kappa shape index (κ3) is 4.45. The lowest BCUT2D eigenvalue weighted by molar-refractivity contribution is 0.0626. The van der Waals surface area contributed by atoms with Gasteiger partial charge in [0.1, 0.15) is 5.69 Å². The molecule has 2 heterocycles. The van der Waals surface area contributed by atoms with Crippen molar-refractivity contribution in [2.75, 3.05) is 19.6 Å².